The quantitative estimate of drug-likeness (QED) is 0.745. The minimum atomic E-state index is -4.36. The SMILES string of the molecule is O=C(CN1CCC(CCO)C1)NCC(F)(F)F. The second-order valence-electron chi connectivity index (χ2n) is 4.29. The number of likely N-dealkylation sites (tertiary alicyclic amines) is 1. The van der Waals surface area contributed by atoms with Crippen LogP contribution < -0.4 is 5.32 Å². The first-order chi connectivity index (χ1) is 7.90. The van der Waals surface area contributed by atoms with Gasteiger partial charge in [-0.15, -0.1) is 0 Å². The highest BCUT2D eigenvalue weighted by molar-refractivity contribution is 5.78. The Morgan fingerprint density at radius 2 is 2.18 bits per heavy atom. The Hall–Kier alpha value is -0.820. The van der Waals surface area contributed by atoms with Crippen LogP contribution in [-0.2, 0) is 4.79 Å². The van der Waals surface area contributed by atoms with Crippen molar-refractivity contribution in [1.29, 1.82) is 0 Å². The summed E-state index contributed by atoms with van der Waals surface area (Å²) in [5.41, 5.74) is 0. The van der Waals surface area contributed by atoms with E-state index in [-0.39, 0.29) is 13.2 Å². The lowest BCUT2D eigenvalue weighted by Gasteiger charge is -2.16. The van der Waals surface area contributed by atoms with Crippen LogP contribution in [-0.4, -0.2) is 54.9 Å². The maximum Gasteiger partial charge on any atom is 0.405 e. The van der Waals surface area contributed by atoms with Crippen LogP contribution in [0.1, 0.15) is 12.8 Å². The van der Waals surface area contributed by atoms with Gasteiger partial charge in [0.15, 0.2) is 0 Å². The number of hydrogen-bond donors (Lipinski definition) is 2. The van der Waals surface area contributed by atoms with Crippen molar-refractivity contribution in [2.75, 3.05) is 32.8 Å². The Morgan fingerprint density at radius 3 is 2.76 bits per heavy atom. The molecule has 0 aromatic rings. The maximum atomic E-state index is 11.8. The molecule has 4 nitrogen and oxygen atoms in total. The van der Waals surface area contributed by atoms with Crippen molar-refractivity contribution in [3.8, 4) is 0 Å². The van der Waals surface area contributed by atoms with Gasteiger partial charge in [0.1, 0.15) is 6.54 Å². The number of hydrogen-bond acceptors (Lipinski definition) is 3. The van der Waals surface area contributed by atoms with E-state index < -0.39 is 18.6 Å². The zero-order chi connectivity index (χ0) is 12.9. The van der Waals surface area contributed by atoms with Gasteiger partial charge in [-0.25, -0.2) is 0 Å². The van der Waals surface area contributed by atoms with E-state index in [1.165, 1.54) is 0 Å². The van der Waals surface area contributed by atoms with Crippen molar-refractivity contribution in [1.82, 2.24) is 10.2 Å². The fourth-order valence-electron chi connectivity index (χ4n) is 1.93. The van der Waals surface area contributed by atoms with Gasteiger partial charge >= 0.3 is 6.18 Å². The molecule has 0 spiro atoms. The van der Waals surface area contributed by atoms with Crippen molar-refractivity contribution in [2.24, 2.45) is 5.92 Å². The zero-order valence-corrected chi connectivity index (χ0v) is 9.46. The summed E-state index contributed by atoms with van der Waals surface area (Å²) in [6.45, 7) is 0.195. The lowest BCUT2D eigenvalue weighted by atomic mass is 10.1. The van der Waals surface area contributed by atoms with Crippen molar-refractivity contribution < 1.29 is 23.1 Å². The highest BCUT2D eigenvalue weighted by Gasteiger charge is 2.29. The molecule has 1 heterocycles. The second-order valence-corrected chi connectivity index (χ2v) is 4.29. The smallest absolute Gasteiger partial charge is 0.396 e. The van der Waals surface area contributed by atoms with Crippen LogP contribution in [0.3, 0.4) is 0 Å². The minimum Gasteiger partial charge on any atom is -0.396 e. The number of carbonyl (C=O) groups is 1. The molecule has 1 unspecified atom stereocenters. The lowest BCUT2D eigenvalue weighted by Crippen LogP contribution is -2.40. The summed E-state index contributed by atoms with van der Waals surface area (Å²) in [6, 6.07) is 0. The van der Waals surface area contributed by atoms with E-state index >= 15 is 0 Å². The molecule has 0 aliphatic carbocycles. The molecule has 0 aromatic carbocycles. The van der Waals surface area contributed by atoms with E-state index in [0.29, 0.717) is 25.4 Å². The summed E-state index contributed by atoms with van der Waals surface area (Å²) in [7, 11) is 0. The molecule has 1 saturated heterocycles. The summed E-state index contributed by atoms with van der Waals surface area (Å²) in [6.07, 6.45) is -2.80. The van der Waals surface area contributed by atoms with Crippen molar-refractivity contribution in [3.05, 3.63) is 0 Å². The Bertz CT molecular complexity index is 258. The highest BCUT2D eigenvalue weighted by atomic mass is 19.4. The van der Waals surface area contributed by atoms with Gasteiger partial charge in [0.25, 0.3) is 0 Å². The number of aliphatic hydroxyl groups excluding tert-OH is 1. The maximum absolute atomic E-state index is 11.8. The second kappa shape index (κ2) is 6.20. The van der Waals surface area contributed by atoms with Gasteiger partial charge in [-0.3, -0.25) is 9.69 Å². The Morgan fingerprint density at radius 1 is 1.47 bits per heavy atom. The van der Waals surface area contributed by atoms with Gasteiger partial charge in [0.05, 0.1) is 6.54 Å². The van der Waals surface area contributed by atoms with E-state index in [9.17, 15) is 18.0 Å². The van der Waals surface area contributed by atoms with Crippen LogP contribution in [0, 0.1) is 5.92 Å². The average Bonchev–Trinajstić information content (AvgIpc) is 2.62. The molecule has 1 fully saturated rings. The molecule has 1 rings (SSSR count). The molecule has 1 aliphatic rings. The van der Waals surface area contributed by atoms with Crippen LogP contribution in [0.15, 0.2) is 0 Å². The van der Waals surface area contributed by atoms with Crippen LogP contribution in [0.4, 0.5) is 13.2 Å². The van der Waals surface area contributed by atoms with Gasteiger partial charge in [0, 0.05) is 13.2 Å². The molecule has 1 amide bonds. The third-order valence-corrected chi connectivity index (χ3v) is 2.76. The van der Waals surface area contributed by atoms with Crippen molar-refractivity contribution >= 4 is 5.91 Å². The molecular formula is C10H17F3N2O2. The van der Waals surface area contributed by atoms with Crippen LogP contribution in [0.25, 0.3) is 0 Å². The largest absolute Gasteiger partial charge is 0.405 e. The number of halogens is 3. The van der Waals surface area contributed by atoms with E-state index in [0.717, 1.165) is 6.42 Å². The first-order valence-corrected chi connectivity index (χ1v) is 5.57. The normalized spacial score (nSPS) is 21.8. The first kappa shape index (κ1) is 14.2. The molecule has 17 heavy (non-hydrogen) atoms. The number of amides is 1. The monoisotopic (exact) mass is 254 g/mol. The number of carbonyl (C=O) groups excluding carboxylic acids is 1. The van der Waals surface area contributed by atoms with E-state index in [4.69, 9.17) is 5.11 Å². The molecular weight excluding hydrogens is 237 g/mol. The Balaban J connectivity index is 2.19. The summed E-state index contributed by atoms with van der Waals surface area (Å²) < 4.78 is 35.5. The molecule has 1 atom stereocenters. The van der Waals surface area contributed by atoms with Crippen LogP contribution in [0.2, 0.25) is 0 Å². The molecule has 1 aliphatic heterocycles. The fourth-order valence-corrected chi connectivity index (χ4v) is 1.93. The average molecular weight is 254 g/mol. The van der Waals surface area contributed by atoms with E-state index in [2.05, 4.69) is 0 Å². The molecule has 0 radical (unpaired) electrons. The van der Waals surface area contributed by atoms with E-state index in [1.807, 2.05) is 10.2 Å². The third kappa shape index (κ3) is 5.88. The number of rotatable bonds is 5. The standard InChI is InChI=1S/C10H17F3N2O2/c11-10(12,13)7-14-9(17)6-15-3-1-8(5-15)2-4-16/h8,16H,1-7H2,(H,14,17). The third-order valence-electron chi connectivity index (χ3n) is 2.76. The van der Waals surface area contributed by atoms with Gasteiger partial charge in [-0.1, -0.05) is 0 Å². The van der Waals surface area contributed by atoms with Gasteiger partial charge in [-0.2, -0.15) is 13.2 Å². The summed E-state index contributed by atoms with van der Waals surface area (Å²) in [5, 5.41) is 10.6. The zero-order valence-electron chi connectivity index (χ0n) is 9.46. The summed E-state index contributed by atoms with van der Waals surface area (Å²) >= 11 is 0. The molecule has 0 bridgehead atoms. The van der Waals surface area contributed by atoms with E-state index in [1.54, 1.807) is 0 Å². The molecule has 2 N–H and O–H groups in total. The number of nitrogens with zero attached hydrogens (tertiary/aromatic N) is 1. The van der Waals surface area contributed by atoms with Gasteiger partial charge in [-0.05, 0) is 25.3 Å². The molecule has 100 valence electrons. The van der Waals surface area contributed by atoms with Gasteiger partial charge in [0.2, 0.25) is 5.91 Å². The van der Waals surface area contributed by atoms with Crippen molar-refractivity contribution in [3.63, 3.8) is 0 Å². The number of alkyl halides is 3. The highest BCUT2D eigenvalue weighted by Crippen LogP contribution is 2.18. The molecule has 0 saturated carbocycles. The predicted molar refractivity (Wildman–Crippen MR) is 55.3 cm³/mol. The number of aliphatic hydroxyl groups is 1. The molecule has 7 heteroatoms. The van der Waals surface area contributed by atoms with Gasteiger partial charge < -0.3 is 10.4 Å². The molecule has 0 aromatic heterocycles. The fraction of sp³-hybridized carbons (Fsp3) is 0.900. The summed E-state index contributed by atoms with van der Waals surface area (Å²) in [4.78, 5) is 13.0. The van der Waals surface area contributed by atoms with Crippen molar-refractivity contribution in [2.45, 2.75) is 19.0 Å². The Kier molecular flexibility index (Phi) is 5.20. The lowest BCUT2D eigenvalue weighted by molar-refractivity contribution is -0.138. The van der Waals surface area contributed by atoms with Crippen LogP contribution in [0.5, 0.6) is 0 Å². The number of nitrogens with one attached hydrogen (secondary N) is 1. The summed E-state index contributed by atoms with van der Waals surface area (Å²) in [5.74, 6) is -0.262. The van der Waals surface area contributed by atoms with Crippen LogP contribution >= 0.6 is 0 Å². The first-order valence-electron chi connectivity index (χ1n) is 5.57. The topological polar surface area (TPSA) is 52.6 Å². The Labute approximate surface area is 97.8 Å². The predicted octanol–water partition coefficient (Wildman–Crippen LogP) is 0.369. The minimum absolute atomic E-state index is 0.00198.